The van der Waals surface area contributed by atoms with E-state index in [1.165, 1.54) is 32.8 Å². The van der Waals surface area contributed by atoms with Crippen LogP contribution in [0.5, 0.6) is 0 Å². The van der Waals surface area contributed by atoms with E-state index in [1.54, 1.807) is 4.90 Å². The highest BCUT2D eigenvalue weighted by atomic mass is 16.7. The van der Waals surface area contributed by atoms with E-state index < -0.39 is 141 Å². The van der Waals surface area contributed by atoms with Gasteiger partial charge in [-0.05, 0) is 64.2 Å². The number of nitrogens with one attached hydrogen (secondary N) is 5. The van der Waals surface area contributed by atoms with E-state index in [0.29, 0.717) is 122 Å². The molecule has 7 amide bonds. The predicted octanol–water partition coefficient (Wildman–Crippen LogP) is -3.82. The molecule has 3 aliphatic rings. The summed E-state index contributed by atoms with van der Waals surface area (Å²) in [4.78, 5) is 91.2. The lowest BCUT2D eigenvalue weighted by Gasteiger charge is -2.42. The van der Waals surface area contributed by atoms with Gasteiger partial charge >= 0.3 is 0 Å². The van der Waals surface area contributed by atoms with E-state index in [1.807, 2.05) is 0 Å². The number of nitrogens with zero attached hydrogens (tertiary/aromatic N) is 2. The smallest absolute Gasteiger partial charge is 0.253 e. The van der Waals surface area contributed by atoms with Gasteiger partial charge in [0, 0.05) is 106 Å². The topological polar surface area (TPSA) is 453 Å². The maximum atomic E-state index is 13.8. The normalized spacial score (nSPS) is 27.1. The van der Waals surface area contributed by atoms with Crippen molar-refractivity contribution in [3.05, 3.63) is 0 Å². The molecular weight excluding hydrogens is 1190 g/mol. The van der Waals surface area contributed by atoms with Crippen molar-refractivity contribution in [2.45, 2.75) is 241 Å². The van der Waals surface area contributed by atoms with E-state index in [9.17, 15) is 84.6 Å². The van der Waals surface area contributed by atoms with Gasteiger partial charge < -0.3 is 121 Å². The zero-order chi connectivity index (χ0) is 66.5. The molecule has 10 unspecified atom stereocenters. The van der Waals surface area contributed by atoms with E-state index in [-0.39, 0.29) is 83.0 Å². The van der Waals surface area contributed by atoms with Crippen molar-refractivity contribution in [1.29, 1.82) is 0 Å². The number of hydrogen-bond acceptors (Lipinski definition) is 24. The molecule has 15 N–H and O–H groups in total. The fourth-order valence-corrected chi connectivity index (χ4v) is 10.7. The number of aliphatic hydroxyl groups excluding tert-OH is 10. The van der Waals surface area contributed by atoms with Gasteiger partial charge in [-0.3, -0.25) is 33.6 Å². The average Bonchev–Trinajstić information content (AvgIpc) is 1.04. The van der Waals surface area contributed by atoms with Crippen LogP contribution in [0.2, 0.25) is 0 Å². The molecule has 3 heterocycles. The van der Waals surface area contributed by atoms with E-state index >= 15 is 0 Å². The number of carbonyl (C=O) groups is 7. The van der Waals surface area contributed by atoms with Crippen LogP contribution in [-0.2, 0) is 66.7 Å². The number of aliphatic hydroxyl groups is 10. The zero-order valence-corrected chi connectivity index (χ0v) is 52.9. The third-order valence-corrected chi connectivity index (χ3v) is 15.7. The molecule has 522 valence electrons. The molecule has 0 aliphatic carbocycles. The van der Waals surface area contributed by atoms with E-state index in [0.717, 1.165) is 0 Å². The Hall–Kier alpha value is -4.39. The second-order valence-corrected chi connectivity index (χ2v) is 23.2. The number of carbonyl (C=O) groups excluding carboxylic acids is 7. The number of ether oxygens (including phenoxy) is 7. The third-order valence-electron chi connectivity index (χ3n) is 15.7. The highest BCUT2D eigenvalue weighted by Crippen LogP contribution is 2.26. The van der Waals surface area contributed by atoms with Crippen molar-refractivity contribution in [1.82, 2.24) is 36.4 Å². The predicted molar refractivity (Wildman–Crippen MR) is 319 cm³/mol. The van der Waals surface area contributed by atoms with Gasteiger partial charge in [-0.15, -0.1) is 0 Å². The average molecular weight is 1300 g/mol. The van der Waals surface area contributed by atoms with E-state index in [4.69, 9.17) is 33.2 Å². The molecule has 0 spiro atoms. The molecule has 3 saturated heterocycles. The summed E-state index contributed by atoms with van der Waals surface area (Å²) in [5, 5.41) is 115. The lowest BCUT2D eigenvalue weighted by Crippen LogP contribution is -2.64. The Bertz CT molecular complexity index is 2080. The number of amides is 7. The summed E-state index contributed by atoms with van der Waals surface area (Å²) in [6, 6.07) is -3.14. The minimum atomic E-state index is -1.44. The molecule has 0 aromatic heterocycles. The van der Waals surface area contributed by atoms with Crippen molar-refractivity contribution >= 4 is 41.4 Å². The Morgan fingerprint density at radius 2 is 0.756 bits per heavy atom. The van der Waals surface area contributed by atoms with Gasteiger partial charge in [0.15, 0.2) is 25.0 Å². The summed E-state index contributed by atoms with van der Waals surface area (Å²) >= 11 is 0. The Kier molecular flexibility index (Phi) is 39.9. The maximum Gasteiger partial charge on any atom is 0.253 e. The molecular formula is C59H107N7O24. The second kappa shape index (κ2) is 45.0. The van der Waals surface area contributed by atoms with Crippen molar-refractivity contribution in [3.8, 4) is 0 Å². The van der Waals surface area contributed by atoms with Crippen LogP contribution < -0.4 is 26.6 Å². The van der Waals surface area contributed by atoms with Gasteiger partial charge in [0.2, 0.25) is 35.4 Å². The third kappa shape index (κ3) is 29.3. The fraction of sp³-hybridized carbons (Fsp3) is 0.881. The molecule has 3 fully saturated rings. The Balaban J connectivity index is 1.46. The summed E-state index contributed by atoms with van der Waals surface area (Å²) in [6.07, 6.45) is -6.41. The van der Waals surface area contributed by atoms with Crippen LogP contribution in [-0.4, -0.2) is 293 Å². The molecule has 16 atom stereocenters. The quantitative estimate of drug-likeness (QED) is 0.0260. The first kappa shape index (κ1) is 79.8. The van der Waals surface area contributed by atoms with Gasteiger partial charge in [0.05, 0.1) is 26.4 Å². The summed E-state index contributed by atoms with van der Waals surface area (Å²) in [5.41, 5.74) is 0. The molecule has 0 aromatic carbocycles. The number of hydrogen-bond donors (Lipinski definition) is 15. The van der Waals surface area contributed by atoms with Crippen molar-refractivity contribution in [2.75, 3.05) is 92.6 Å². The van der Waals surface area contributed by atoms with Gasteiger partial charge in [0.25, 0.3) is 5.91 Å². The Morgan fingerprint density at radius 3 is 1.10 bits per heavy atom. The first-order chi connectivity index (χ1) is 43.1. The molecule has 0 bridgehead atoms. The van der Waals surface area contributed by atoms with Crippen molar-refractivity contribution in [2.24, 2.45) is 0 Å². The van der Waals surface area contributed by atoms with Crippen LogP contribution in [0.3, 0.4) is 0 Å². The molecule has 0 radical (unpaired) electrons. The standard InChI is InChI=1S/C59H107N7O24/c1-37(70)62-47-53(80)50(77)41(33-67)88-57(47)85-30-16-8-5-11-21-44(74)60-24-19-28-65(46(76)23-13-7-10-18-32-87-59-49(64-39(3)72)55(82)52(79)43(35-69)90-59)26-14-15-27-66(56(83)40(73)36-84-4)29-20-25-61-45(75)22-12-6-9-17-31-86-58-48(63-38(2)71)54(81)51(78)42(34-68)89-58/h40-43,47-55,57-59,67-69,73,77-82H,5-36H2,1-4H3,(H,60,74)(H,61,75)(H,62,70)(H,63,71)(H,64,72)/t40?,41?,42?,43?,47?,48?,49?,50-,51-,52-,53?,54?,55?,57+,58+,59+/m0/s1. The van der Waals surface area contributed by atoms with Crippen LogP contribution in [0.1, 0.15) is 143 Å². The van der Waals surface area contributed by atoms with Crippen molar-refractivity contribution in [3.63, 3.8) is 0 Å². The zero-order valence-electron chi connectivity index (χ0n) is 52.9. The molecule has 90 heavy (non-hydrogen) atoms. The van der Waals surface area contributed by atoms with E-state index in [2.05, 4.69) is 26.6 Å². The molecule has 31 heteroatoms. The summed E-state index contributed by atoms with van der Waals surface area (Å²) in [5.74, 6) is -2.34. The SMILES string of the molecule is COCC(O)C(=O)N(CCCCN(CCCNC(=O)CCCCCCO[C@@H]1OC(CO)[C@H](O)C(O)C1NC(C)=O)C(=O)CCCCCCO[C@@H]1OC(CO)[C@H](O)C(O)C1NC(C)=O)CCCNC(=O)CCCCCCO[C@@H]1OC(CO)[C@H](O)C(O)C1NC(C)=O. The number of methoxy groups -OCH3 is 1. The van der Waals surface area contributed by atoms with Crippen LogP contribution in [0.25, 0.3) is 0 Å². The highest BCUT2D eigenvalue weighted by Gasteiger charge is 2.48. The largest absolute Gasteiger partial charge is 0.394 e. The lowest BCUT2D eigenvalue weighted by molar-refractivity contribution is -0.270. The summed E-state index contributed by atoms with van der Waals surface area (Å²) < 4.78 is 39.2. The fourth-order valence-electron chi connectivity index (χ4n) is 10.7. The van der Waals surface area contributed by atoms with Crippen LogP contribution in [0.15, 0.2) is 0 Å². The molecule has 3 rings (SSSR count). The van der Waals surface area contributed by atoms with Crippen LogP contribution in [0, 0.1) is 0 Å². The monoisotopic (exact) mass is 1300 g/mol. The van der Waals surface area contributed by atoms with Crippen LogP contribution in [0.4, 0.5) is 0 Å². The molecule has 0 aromatic rings. The van der Waals surface area contributed by atoms with Gasteiger partial charge in [-0.2, -0.15) is 0 Å². The number of unbranched alkanes of at least 4 members (excludes halogenated alkanes) is 10. The first-order valence-corrected chi connectivity index (χ1v) is 31.9. The van der Waals surface area contributed by atoms with Gasteiger partial charge in [-0.1, -0.05) is 38.5 Å². The summed E-state index contributed by atoms with van der Waals surface area (Å²) in [6.45, 7) is 4.17. The highest BCUT2D eigenvalue weighted by molar-refractivity contribution is 5.81. The molecule has 31 nitrogen and oxygen atoms in total. The Labute approximate surface area is 527 Å². The van der Waals surface area contributed by atoms with Gasteiger partial charge in [0.1, 0.15) is 73.1 Å². The van der Waals surface area contributed by atoms with Crippen LogP contribution >= 0.6 is 0 Å². The lowest BCUT2D eigenvalue weighted by atomic mass is 9.97. The van der Waals surface area contributed by atoms with Gasteiger partial charge in [-0.25, -0.2) is 0 Å². The second-order valence-electron chi connectivity index (χ2n) is 23.2. The summed E-state index contributed by atoms with van der Waals surface area (Å²) in [7, 11) is 1.37. The minimum absolute atomic E-state index is 0.0993. The number of rotatable bonds is 46. The maximum absolute atomic E-state index is 13.8. The molecule has 0 saturated carbocycles. The Morgan fingerprint density at radius 1 is 0.433 bits per heavy atom. The van der Waals surface area contributed by atoms with Crippen molar-refractivity contribution < 1.29 is 118 Å². The molecule has 3 aliphatic heterocycles. The minimum Gasteiger partial charge on any atom is -0.394 e. The first-order valence-electron chi connectivity index (χ1n) is 31.9.